The number of carbonyl (C=O) groups is 1. The Morgan fingerprint density at radius 3 is 2.59 bits per heavy atom. The Hall–Kier alpha value is -1.97. The van der Waals surface area contributed by atoms with Crippen LogP contribution in [0.25, 0.3) is 10.8 Å². The van der Waals surface area contributed by atoms with Crippen LogP contribution in [0.1, 0.15) is 5.56 Å². The van der Waals surface area contributed by atoms with Gasteiger partial charge in [-0.15, -0.1) is 0 Å². The monoisotopic (exact) mass is 233 g/mol. The molecule has 2 aromatic carbocycles. The number of alkyl halides is 2. The molecule has 4 heteroatoms. The summed E-state index contributed by atoms with van der Waals surface area (Å²) in [6.45, 7) is 0. The number of carbonyl (C=O) groups excluding carboxylic acids is 1. The summed E-state index contributed by atoms with van der Waals surface area (Å²) in [5.41, 5.74) is 0.113. The molecule has 1 amide bonds. The zero-order chi connectivity index (χ0) is 12.2. The lowest BCUT2D eigenvalue weighted by atomic mass is 10.0. The van der Waals surface area contributed by atoms with Crippen molar-refractivity contribution in [3.63, 3.8) is 0 Å². The number of nitrogens with zero attached hydrogens (tertiary/aromatic N) is 1. The number of amides is 1. The first-order valence-corrected chi connectivity index (χ1v) is 5.21. The highest BCUT2D eigenvalue weighted by atomic mass is 19.3. The molecule has 2 aromatic rings. The molecule has 0 aromatic heterocycles. The molecule has 0 N–H and O–H groups in total. The van der Waals surface area contributed by atoms with Crippen LogP contribution in [-0.2, 0) is 10.7 Å². The second-order valence-corrected chi connectivity index (χ2v) is 4.12. The van der Waals surface area contributed by atoms with Gasteiger partial charge in [-0.1, -0.05) is 30.3 Å². The number of likely N-dealkylation sites (N-methyl/N-ethyl adjacent to an activating group) is 1. The van der Waals surface area contributed by atoms with Gasteiger partial charge in [-0.3, -0.25) is 4.79 Å². The number of fused-ring (bicyclic) bond motifs is 3. The zero-order valence-electron chi connectivity index (χ0n) is 9.08. The zero-order valence-corrected chi connectivity index (χ0v) is 9.08. The second kappa shape index (κ2) is 3.03. The fourth-order valence-corrected chi connectivity index (χ4v) is 2.30. The van der Waals surface area contributed by atoms with Crippen LogP contribution < -0.4 is 4.90 Å². The largest absolute Gasteiger partial charge is 0.352 e. The van der Waals surface area contributed by atoms with Crippen LogP contribution in [0.5, 0.6) is 0 Å². The molecular formula is C13H9F2NO. The fraction of sp³-hybridized carbons (Fsp3) is 0.154. The molecule has 0 aliphatic carbocycles. The second-order valence-electron chi connectivity index (χ2n) is 4.12. The molecule has 0 radical (unpaired) electrons. The van der Waals surface area contributed by atoms with E-state index < -0.39 is 11.8 Å². The minimum Gasteiger partial charge on any atom is -0.309 e. The molecule has 0 atom stereocenters. The van der Waals surface area contributed by atoms with Gasteiger partial charge in [0.15, 0.2) is 0 Å². The number of hydrogen-bond acceptors (Lipinski definition) is 1. The molecule has 86 valence electrons. The third-order valence-electron chi connectivity index (χ3n) is 3.16. The van der Waals surface area contributed by atoms with Crippen molar-refractivity contribution in [3.8, 4) is 0 Å². The highest BCUT2D eigenvalue weighted by molar-refractivity contribution is 6.10. The van der Waals surface area contributed by atoms with E-state index in [4.69, 9.17) is 0 Å². The van der Waals surface area contributed by atoms with Crippen molar-refractivity contribution < 1.29 is 13.6 Å². The van der Waals surface area contributed by atoms with Gasteiger partial charge in [-0.2, -0.15) is 8.78 Å². The van der Waals surface area contributed by atoms with Crippen LogP contribution in [0, 0.1) is 0 Å². The number of hydrogen-bond donors (Lipinski definition) is 0. The fourth-order valence-electron chi connectivity index (χ4n) is 2.30. The molecule has 0 bridgehead atoms. The van der Waals surface area contributed by atoms with Crippen molar-refractivity contribution in [2.45, 2.75) is 5.92 Å². The van der Waals surface area contributed by atoms with Gasteiger partial charge in [0, 0.05) is 7.05 Å². The van der Waals surface area contributed by atoms with Crippen molar-refractivity contribution in [1.29, 1.82) is 0 Å². The smallest absolute Gasteiger partial charge is 0.309 e. The minimum absolute atomic E-state index is 0.178. The van der Waals surface area contributed by atoms with Crippen molar-refractivity contribution in [3.05, 3.63) is 42.0 Å². The first kappa shape index (κ1) is 10.2. The van der Waals surface area contributed by atoms with Crippen molar-refractivity contribution in [1.82, 2.24) is 0 Å². The van der Waals surface area contributed by atoms with Crippen molar-refractivity contribution in [2.24, 2.45) is 0 Å². The first-order valence-electron chi connectivity index (χ1n) is 5.21. The molecule has 0 unspecified atom stereocenters. The van der Waals surface area contributed by atoms with Crippen molar-refractivity contribution >= 4 is 22.4 Å². The Balaban J connectivity index is 2.46. The lowest BCUT2D eigenvalue weighted by molar-refractivity contribution is -0.141. The van der Waals surface area contributed by atoms with E-state index in [2.05, 4.69) is 0 Å². The number of rotatable bonds is 0. The summed E-state index contributed by atoms with van der Waals surface area (Å²) >= 11 is 0. The molecule has 1 aliphatic heterocycles. The van der Waals surface area contributed by atoms with Crippen LogP contribution in [0.15, 0.2) is 36.4 Å². The highest BCUT2D eigenvalue weighted by Gasteiger charge is 2.52. The van der Waals surface area contributed by atoms with Crippen LogP contribution in [0.2, 0.25) is 0 Å². The van der Waals surface area contributed by atoms with Gasteiger partial charge < -0.3 is 4.90 Å². The topological polar surface area (TPSA) is 20.3 Å². The van der Waals surface area contributed by atoms with E-state index in [1.165, 1.54) is 7.05 Å². The van der Waals surface area contributed by atoms with Gasteiger partial charge >= 0.3 is 11.8 Å². The SMILES string of the molecule is CN1C(=O)C(F)(F)c2c1ccc1ccccc21. The van der Waals surface area contributed by atoms with Gasteiger partial charge in [0.2, 0.25) is 0 Å². The van der Waals surface area contributed by atoms with Gasteiger partial charge in [0.1, 0.15) is 0 Å². The quantitative estimate of drug-likeness (QED) is 0.685. The van der Waals surface area contributed by atoms with E-state index in [9.17, 15) is 13.6 Å². The number of anilines is 1. The molecule has 1 aliphatic rings. The normalized spacial score (nSPS) is 17.6. The molecule has 3 rings (SSSR count). The molecule has 0 fully saturated rings. The third kappa shape index (κ3) is 1.15. The predicted molar refractivity (Wildman–Crippen MR) is 61.3 cm³/mol. The average Bonchev–Trinajstić information content (AvgIpc) is 2.51. The molecule has 1 heterocycles. The molecule has 0 spiro atoms. The summed E-state index contributed by atoms with van der Waals surface area (Å²) in [7, 11) is 1.37. The number of halogens is 2. The van der Waals surface area contributed by atoms with E-state index in [-0.39, 0.29) is 5.56 Å². The molecular weight excluding hydrogens is 224 g/mol. The van der Waals surface area contributed by atoms with E-state index in [1.54, 1.807) is 36.4 Å². The summed E-state index contributed by atoms with van der Waals surface area (Å²) in [4.78, 5) is 12.5. The lowest BCUT2D eigenvalue weighted by Crippen LogP contribution is -2.31. The van der Waals surface area contributed by atoms with E-state index in [0.717, 1.165) is 4.90 Å². The summed E-state index contributed by atoms with van der Waals surface area (Å²) in [6, 6.07) is 10.2. The van der Waals surface area contributed by atoms with Crippen LogP contribution in [-0.4, -0.2) is 13.0 Å². The lowest BCUT2D eigenvalue weighted by Gasteiger charge is -2.09. The Bertz CT molecular complexity index is 636. The van der Waals surface area contributed by atoms with Crippen LogP contribution in [0.4, 0.5) is 14.5 Å². The Kier molecular flexibility index (Phi) is 1.82. The standard InChI is InChI=1S/C13H9F2NO/c1-16-10-7-6-8-4-2-3-5-9(8)11(10)13(14,15)12(16)17/h2-7H,1H3. The van der Waals surface area contributed by atoms with E-state index >= 15 is 0 Å². The summed E-state index contributed by atoms with van der Waals surface area (Å²) in [5, 5.41) is 1.15. The number of benzene rings is 2. The third-order valence-corrected chi connectivity index (χ3v) is 3.16. The van der Waals surface area contributed by atoms with Crippen LogP contribution in [0.3, 0.4) is 0 Å². The van der Waals surface area contributed by atoms with E-state index in [1.807, 2.05) is 0 Å². The Morgan fingerprint density at radius 2 is 1.82 bits per heavy atom. The van der Waals surface area contributed by atoms with E-state index in [0.29, 0.717) is 16.5 Å². The predicted octanol–water partition coefficient (Wildman–Crippen LogP) is 2.91. The summed E-state index contributed by atoms with van der Waals surface area (Å²) in [6.07, 6.45) is 0. The van der Waals surface area contributed by atoms with Gasteiger partial charge in [-0.05, 0) is 16.8 Å². The Labute approximate surface area is 96.5 Å². The molecule has 17 heavy (non-hydrogen) atoms. The van der Waals surface area contributed by atoms with Gasteiger partial charge in [0.05, 0.1) is 11.3 Å². The maximum atomic E-state index is 13.9. The first-order chi connectivity index (χ1) is 8.03. The Morgan fingerprint density at radius 1 is 1.12 bits per heavy atom. The maximum Gasteiger partial charge on any atom is 0.352 e. The molecule has 0 saturated carbocycles. The molecule has 2 nitrogen and oxygen atoms in total. The van der Waals surface area contributed by atoms with Crippen molar-refractivity contribution in [2.75, 3.05) is 11.9 Å². The average molecular weight is 233 g/mol. The highest BCUT2D eigenvalue weighted by Crippen LogP contribution is 2.46. The van der Waals surface area contributed by atoms with Gasteiger partial charge in [-0.25, -0.2) is 0 Å². The summed E-state index contributed by atoms with van der Waals surface area (Å²) in [5.74, 6) is -4.59. The maximum absolute atomic E-state index is 13.9. The minimum atomic E-state index is -3.43. The molecule has 0 saturated heterocycles. The van der Waals surface area contributed by atoms with Crippen LogP contribution >= 0.6 is 0 Å². The summed E-state index contributed by atoms with van der Waals surface area (Å²) < 4.78 is 27.8. The van der Waals surface area contributed by atoms with Gasteiger partial charge in [0.25, 0.3) is 0 Å².